The lowest BCUT2D eigenvalue weighted by atomic mass is 9.92. The third kappa shape index (κ3) is 2.80. The molecule has 1 aromatic rings. The third-order valence-electron chi connectivity index (χ3n) is 2.42. The fraction of sp³-hybridized carbons (Fsp3) is 0.417. The molecule has 0 aliphatic rings. The lowest BCUT2D eigenvalue weighted by Crippen LogP contribution is -2.26. The van der Waals surface area contributed by atoms with E-state index in [1.165, 1.54) is 7.11 Å². The van der Waals surface area contributed by atoms with Crippen LogP contribution in [0.2, 0.25) is 0 Å². The molecule has 1 N–H and O–H groups in total. The van der Waals surface area contributed by atoms with Crippen molar-refractivity contribution in [2.24, 2.45) is 0 Å². The summed E-state index contributed by atoms with van der Waals surface area (Å²) in [7, 11) is 1.33. The van der Waals surface area contributed by atoms with Crippen molar-refractivity contribution in [1.82, 2.24) is 0 Å². The van der Waals surface area contributed by atoms with Gasteiger partial charge >= 0.3 is 5.97 Å². The zero-order valence-electron chi connectivity index (χ0n) is 9.01. The summed E-state index contributed by atoms with van der Waals surface area (Å²) in [5.74, 6) is -0.975. The first-order valence-electron chi connectivity index (χ1n) is 5.01. The van der Waals surface area contributed by atoms with Crippen LogP contribution in [0.4, 0.5) is 0 Å². The molecule has 82 valence electrons. The summed E-state index contributed by atoms with van der Waals surface area (Å²) in [6.45, 7) is 1.84. The van der Waals surface area contributed by atoms with E-state index in [9.17, 15) is 9.90 Å². The van der Waals surface area contributed by atoms with Gasteiger partial charge in [0.15, 0.2) is 0 Å². The molecule has 0 saturated heterocycles. The van der Waals surface area contributed by atoms with E-state index in [4.69, 9.17) is 4.74 Å². The number of ether oxygens (including phenoxy) is 1. The molecule has 0 aliphatic carbocycles. The topological polar surface area (TPSA) is 46.5 Å². The van der Waals surface area contributed by atoms with Crippen molar-refractivity contribution >= 4 is 5.97 Å². The number of rotatable bonds is 4. The lowest BCUT2D eigenvalue weighted by Gasteiger charge is -2.19. The van der Waals surface area contributed by atoms with Gasteiger partial charge < -0.3 is 9.84 Å². The summed E-state index contributed by atoms with van der Waals surface area (Å²) in [6.07, 6.45) is -0.172. The smallest absolute Gasteiger partial charge is 0.315 e. The normalized spacial score (nSPS) is 14.3. The molecular weight excluding hydrogens is 192 g/mol. The number of methoxy groups -OCH3 is 1. The van der Waals surface area contributed by atoms with Gasteiger partial charge in [-0.15, -0.1) is 0 Å². The lowest BCUT2D eigenvalue weighted by molar-refractivity contribution is -0.145. The van der Waals surface area contributed by atoms with Crippen LogP contribution in [0, 0.1) is 0 Å². The van der Waals surface area contributed by atoms with Crippen LogP contribution in [-0.4, -0.2) is 24.3 Å². The molecular formula is C12H16O3. The molecule has 0 saturated carbocycles. The fourth-order valence-corrected chi connectivity index (χ4v) is 1.54. The number of hydrogen-bond acceptors (Lipinski definition) is 3. The molecule has 0 bridgehead atoms. The van der Waals surface area contributed by atoms with Crippen LogP contribution in [-0.2, 0) is 9.53 Å². The molecule has 2 atom stereocenters. The van der Waals surface area contributed by atoms with E-state index in [-0.39, 0.29) is 0 Å². The maximum atomic E-state index is 11.5. The van der Waals surface area contributed by atoms with Gasteiger partial charge in [0.25, 0.3) is 0 Å². The van der Waals surface area contributed by atoms with Crippen LogP contribution < -0.4 is 0 Å². The second kappa shape index (κ2) is 5.51. The van der Waals surface area contributed by atoms with Crippen molar-refractivity contribution in [2.45, 2.75) is 25.4 Å². The Balaban J connectivity index is 2.96. The molecule has 0 unspecified atom stereocenters. The zero-order valence-corrected chi connectivity index (χ0v) is 9.01. The Morgan fingerprint density at radius 1 is 1.40 bits per heavy atom. The average molecular weight is 208 g/mol. The van der Waals surface area contributed by atoms with Gasteiger partial charge in [-0.3, -0.25) is 4.79 Å². The maximum absolute atomic E-state index is 11.5. The number of esters is 1. The van der Waals surface area contributed by atoms with Crippen molar-refractivity contribution in [3.63, 3.8) is 0 Å². The highest BCUT2D eigenvalue weighted by atomic mass is 16.5. The maximum Gasteiger partial charge on any atom is 0.315 e. The minimum Gasteiger partial charge on any atom is -0.468 e. The van der Waals surface area contributed by atoms with Gasteiger partial charge in [-0.25, -0.2) is 0 Å². The summed E-state index contributed by atoms with van der Waals surface area (Å²) in [4.78, 5) is 11.5. The minimum absolute atomic E-state index is 0.393. The predicted molar refractivity (Wildman–Crippen MR) is 57.5 cm³/mol. The number of benzene rings is 1. The Hall–Kier alpha value is -1.35. The monoisotopic (exact) mass is 208 g/mol. The summed E-state index contributed by atoms with van der Waals surface area (Å²) in [6, 6.07) is 9.19. The summed E-state index contributed by atoms with van der Waals surface area (Å²) in [5, 5.41) is 9.77. The zero-order chi connectivity index (χ0) is 11.3. The van der Waals surface area contributed by atoms with Crippen LogP contribution >= 0.6 is 0 Å². The molecule has 0 radical (unpaired) electrons. The first-order chi connectivity index (χ1) is 7.20. The van der Waals surface area contributed by atoms with Crippen molar-refractivity contribution in [3.05, 3.63) is 35.9 Å². The molecule has 0 heterocycles. The van der Waals surface area contributed by atoms with Gasteiger partial charge in [0.2, 0.25) is 0 Å². The third-order valence-corrected chi connectivity index (χ3v) is 2.42. The molecule has 3 heteroatoms. The second-order valence-electron chi connectivity index (χ2n) is 3.39. The van der Waals surface area contributed by atoms with Gasteiger partial charge in [0, 0.05) is 0 Å². The van der Waals surface area contributed by atoms with Crippen molar-refractivity contribution in [3.8, 4) is 0 Å². The van der Waals surface area contributed by atoms with E-state index in [2.05, 4.69) is 0 Å². The van der Waals surface area contributed by atoms with Crippen molar-refractivity contribution < 1.29 is 14.6 Å². The number of carbonyl (C=O) groups excluding carboxylic acids is 1. The molecule has 3 nitrogen and oxygen atoms in total. The fourth-order valence-electron chi connectivity index (χ4n) is 1.54. The largest absolute Gasteiger partial charge is 0.468 e. The van der Waals surface area contributed by atoms with Gasteiger partial charge in [-0.1, -0.05) is 37.3 Å². The number of aliphatic hydroxyl groups excluding tert-OH is 1. The van der Waals surface area contributed by atoms with E-state index in [0.717, 1.165) is 5.56 Å². The minimum atomic E-state index is -0.695. The highest BCUT2D eigenvalue weighted by Gasteiger charge is 2.27. The molecule has 15 heavy (non-hydrogen) atoms. The Bertz CT molecular complexity index is 308. The molecule has 0 fully saturated rings. The highest BCUT2D eigenvalue weighted by Crippen LogP contribution is 2.22. The molecule has 1 rings (SSSR count). The van der Waals surface area contributed by atoms with Gasteiger partial charge in [0.1, 0.15) is 5.92 Å². The SMILES string of the molecule is CC[C@H](O)[C@@H](C(=O)OC)c1ccccc1. The Labute approximate surface area is 89.7 Å². The molecule has 0 aliphatic heterocycles. The first-order valence-corrected chi connectivity index (χ1v) is 5.01. The second-order valence-corrected chi connectivity index (χ2v) is 3.39. The standard InChI is InChI=1S/C12H16O3/c1-3-10(13)11(12(14)15-2)9-7-5-4-6-8-9/h4-8,10-11,13H,3H2,1-2H3/t10-,11-/m0/s1. The highest BCUT2D eigenvalue weighted by molar-refractivity contribution is 5.78. The quantitative estimate of drug-likeness (QED) is 0.766. The summed E-state index contributed by atoms with van der Waals surface area (Å²) >= 11 is 0. The Morgan fingerprint density at radius 3 is 2.47 bits per heavy atom. The Morgan fingerprint density at radius 2 is 2.00 bits per heavy atom. The number of carbonyl (C=O) groups is 1. The first kappa shape index (κ1) is 11.7. The van der Waals surface area contributed by atoms with Crippen molar-refractivity contribution in [1.29, 1.82) is 0 Å². The van der Waals surface area contributed by atoms with Crippen LogP contribution in [0.25, 0.3) is 0 Å². The van der Waals surface area contributed by atoms with Gasteiger partial charge in [-0.05, 0) is 12.0 Å². The van der Waals surface area contributed by atoms with E-state index >= 15 is 0 Å². The molecule has 0 spiro atoms. The van der Waals surface area contributed by atoms with E-state index in [0.29, 0.717) is 6.42 Å². The Kier molecular flexibility index (Phi) is 4.31. The molecule has 1 aromatic carbocycles. The van der Waals surface area contributed by atoms with Crippen LogP contribution in [0.5, 0.6) is 0 Å². The summed E-state index contributed by atoms with van der Waals surface area (Å²) in [5.41, 5.74) is 0.790. The molecule has 0 amide bonds. The van der Waals surface area contributed by atoms with Gasteiger partial charge in [0.05, 0.1) is 13.2 Å². The molecule has 0 aromatic heterocycles. The van der Waals surface area contributed by atoms with E-state index in [1.54, 1.807) is 0 Å². The number of aliphatic hydroxyl groups is 1. The van der Waals surface area contributed by atoms with Crippen LogP contribution in [0.1, 0.15) is 24.8 Å². The average Bonchev–Trinajstić information content (AvgIpc) is 2.30. The predicted octanol–water partition coefficient (Wildman–Crippen LogP) is 1.71. The van der Waals surface area contributed by atoms with Crippen LogP contribution in [0.15, 0.2) is 30.3 Å². The van der Waals surface area contributed by atoms with E-state index < -0.39 is 18.0 Å². The van der Waals surface area contributed by atoms with Crippen molar-refractivity contribution in [2.75, 3.05) is 7.11 Å². The van der Waals surface area contributed by atoms with Gasteiger partial charge in [-0.2, -0.15) is 0 Å². The van der Waals surface area contributed by atoms with E-state index in [1.807, 2.05) is 37.3 Å². The summed E-state index contributed by atoms with van der Waals surface area (Å²) < 4.78 is 4.69. The number of hydrogen-bond donors (Lipinski definition) is 1. The van der Waals surface area contributed by atoms with Crippen LogP contribution in [0.3, 0.4) is 0 Å².